The van der Waals surface area contributed by atoms with E-state index < -0.39 is 21.9 Å². The van der Waals surface area contributed by atoms with Crippen LogP contribution in [0.5, 0.6) is 0 Å². The first-order valence-electron chi connectivity index (χ1n) is 7.43. The summed E-state index contributed by atoms with van der Waals surface area (Å²) in [5.74, 6) is -0.864. The van der Waals surface area contributed by atoms with Crippen LogP contribution in [0.3, 0.4) is 0 Å². The number of piperidine rings is 1. The minimum atomic E-state index is -3.75. The molecule has 0 bridgehead atoms. The quantitative estimate of drug-likeness (QED) is 0.873. The van der Waals surface area contributed by atoms with Crippen LogP contribution in [-0.4, -0.2) is 47.0 Å². The van der Waals surface area contributed by atoms with Crippen molar-refractivity contribution in [1.29, 1.82) is 0 Å². The van der Waals surface area contributed by atoms with Crippen molar-refractivity contribution in [2.24, 2.45) is 5.92 Å². The van der Waals surface area contributed by atoms with E-state index in [0.29, 0.717) is 40.9 Å². The molecule has 0 amide bonds. The standard InChI is InChI=1S/C14H17N3O5S2/c1-8-12(6-11(23-8)13-15-9(2)22-16-13)24(20,21)17-5-3-4-10(7-17)14(18)19/h6,10H,3-5,7H2,1-2H3,(H,18,19)/t10-/m0/s1. The van der Waals surface area contributed by atoms with E-state index in [2.05, 4.69) is 10.1 Å². The molecule has 0 unspecified atom stereocenters. The highest BCUT2D eigenvalue weighted by Crippen LogP contribution is 2.34. The number of sulfonamides is 1. The van der Waals surface area contributed by atoms with E-state index in [0.717, 1.165) is 0 Å². The van der Waals surface area contributed by atoms with Crippen molar-refractivity contribution in [3.8, 4) is 10.7 Å². The summed E-state index contributed by atoms with van der Waals surface area (Å²) in [6, 6.07) is 1.53. The molecule has 1 atom stereocenters. The summed E-state index contributed by atoms with van der Waals surface area (Å²) in [5, 5.41) is 13.0. The lowest BCUT2D eigenvalue weighted by atomic mass is 10.0. The van der Waals surface area contributed by atoms with E-state index in [1.54, 1.807) is 13.8 Å². The largest absolute Gasteiger partial charge is 0.481 e. The molecule has 0 aromatic carbocycles. The van der Waals surface area contributed by atoms with Crippen molar-refractivity contribution in [2.75, 3.05) is 13.1 Å². The average molecular weight is 371 g/mol. The van der Waals surface area contributed by atoms with Gasteiger partial charge in [0.25, 0.3) is 0 Å². The molecule has 130 valence electrons. The summed E-state index contributed by atoms with van der Waals surface area (Å²) in [6.45, 7) is 3.71. The second-order valence-electron chi connectivity index (χ2n) is 5.71. The van der Waals surface area contributed by atoms with Gasteiger partial charge in [-0.3, -0.25) is 4.79 Å². The maximum atomic E-state index is 12.9. The van der Waals surface area contributed by atoms with Gasteiger partial charge >= 0.3 is 5.97 Å². The SMILES string of the molecule is Cc1nc(-c2cc(S(=O)(=O)N3CCC[C@H](C(=O)O)C3)c(C)s2)no1. The summed E-state index contributed by atoms with van der Waals surface area (Å²) < 4.78 is 32.0. The third-order valence-corrected chi connectivity index (χ3v) is 7.14. The predicted molar refractivity (Wildman–Crippen MR) is 86.2 cm³/mol. The maximum Gasteiger partial charge on any atom is 0.307 e. The Labute approximate surface area is 143 Å². The highest BCUT2D eigenvalue weighted by molar-refractivity contribution is 7.89. The highest BCUT2D eigenvalue weighted by atomic mass is 32.2. The van der Waals surface area contributed by atoms with Crippen molar-refractivity contribution in [3.05, 3.63) is 16.8 Å². The number of carboxylic acids is 1. The second kappa shape index (κ2) is 6.26. The van der Waals surface area contributed by atoms with E-state index in [4.69, 9.17) is 9.63 Å². The Morgan fingerprint density at radius 1 is 1.46 bits per heavy atom. The number of aromatic nitrogens is 2. The molecule has 1 aliphatic rings. The Hall–Kier alpha value is -1.78. The normalized spacial score (nSPS) is 19.5. The third-order valence-electron chi connectivity index (χ3n) is 3.97. The topological polar surface area (TPSA) is 114 Å². The lowest BCUT2D eigenvalue weighted by Crippen LogP contribution is -2.42. The van der Waals surface area contributed by atoms with Gasteiger partial charge in [-0.15, -0.1) is 11.3 Å². The van der Waals surface area contributed by atoms with Gasteiger partial charge in [0, 0.05) is 24.9 Å². The summed E-state index contributed by atoms with van der Waals surface area (Å²) in [4.78, 5) is 16.7. The number of hydrogen-bond donors (Lipinski definition) is 1. The molecule has 0 spiro atoms. The van der Waals surface area contributed by atoms with E-state index in [1.807, 2.05) is 0 Å². The van der Waals surface area contributed by atoms with Crippen molar-refractivity contribution in [2.45, 2.75) is 31.6 Å². The van der Waals surface area contributed by atoms with Crippen LogP contribution in [0.25, 0.3) is 10.7 Å². The molecule has 3 rings (SSSR count). The predicted octanol–water partition coefficient (Wildman–Crippen LogP) is 1.90. The minimum Gasteiger partial charge on any atom is -0.481 e. The number of carboxylic acid groups (broad SMARTS) is 1. The first kappa shape index (κ1) is 17.1. The van der Waals surface area contributed by atoms with Gasteiger partial charge in [0.1, 0.15) is 0 Å². The van der Waals surface area contributed by atoms with E-state index in [1.165, 1.54) is 21.7 Å². The molecule has 10 heteroatoms. The van der Waals surface area contributed by atoms with E-state index >= 15 is 0 Å². The molecule has 8 nitrogen and oxygen atoms in total. The molecular weight excluding hydrogens is 354 g/mol. The van der Waals surface area contributed by atoms with Gasteiger partial charge in [0.05, 0.1) is 15.7 Å². The Kier molecular flexibility index (Phi) is 4.45. The monoisotopic (exact) mass is 371 g/mol. The summed E-state index contributed by atoms with van der Waals surface area (Å²) in [7, 11) is -3.75. The first-order valence-corrected chi connectivity index (χ1v) is 9.69. The highest BCUT2D eigenvalue weighted by Gasteiger charge is 2.35. The zero-order valence-corrected chi connectivity index (χ0v) is 14.9. The fraction of sp³-hybridized carbons (Fsp3) is 0.500. The maximum absolute atomic E-state index is 12.9. The number of rotatable bonds is 4. The van der Waals surface area contributed by atoms with Crippen LogP contribution in [-0.2, 0) is 14.8 Å². The van der Waals surface area contributed by atoms with Gasteiger partial charge in [-0.1, -0.05) is 5.16 Å². The number of aliphatic carboxylic acids is 1. The molecule has 2 aromatic rings. The van der Waals surface area contributed by atoms with Crippen LogP contribution < -0.4 is 0 Å². The van der Waals surface area contributed by atoms with Gasteiger partial charge in [-0.05, 0) is 25.8 Å². The fourth-order valence-electron chi connectivity index (χ4n) is 2.73. The molecule has 1 aliphatic heterocycles. The van der Waals surface area contributed by atoms with Gasteiger partial charge < -0.3 is 9.63 Å². The Morgan fingerprint density at radius 2 is 2.21 bits per heavy atom. The van der Waals surface area contributed by atoms with Crippen molar-refractivity contribution < 1.29 is 22.8 Å². The number of carbonyl (C=O) groups is 1. The molecular formula is C14H17N3O5S2. The molecule has 0 radical (unpaired) electrons. The lowest BCUT2D eigenvalue weighted by molar-refractivity contribution is -0.142. The van der Waals surface area contributed by atoms with Gasteiger partial charge in [0.2, 0.25) is 21.7 Å². The Balaban J connectivity index is 1.92. The number of nitrogens with zero attached hydrogens (tertiary/aromatic N) is 3. The van der Waals surface area contributed by atoms with Gasteiger partial charge in [-0.2, -0.15) is 9.29 Å². The number of hydrogen-bond acceptors (Lipinski definition) is 7. The Bertz CT molecular complexity index is 871. The van der Waals surface area contributed by atoms with Crippen LogP contribution in [0.4, 0.5) is 0 Å². The van der Waals surface area contributed by atoms with Crippen LogP contribution in [0.2, 0.25) is 0 Å². The molecule has 0 saturated carbocycles. The lowest BCUT2D eigenvalue weighted by Gasteiger charge is -2.29. The van der Waals surface area contributed by atoms with Crippen LogP contribution in [0.15, 0.2) is 15.5 Å². The van der Waals surface area contributed by atoms with Crippen LogP contribution >= 0.6 is 11.3 Å². The molecule has 24 heavy (non-hydrogen) atoms. The molecule has 1 saturated heterocycles. The van der Waals surface area contributed by atoms with Crippen LogP contribution in [0, 0.1) is 19.8 Å². The molecule has 1 fully saturated rings. The molecule has 2 aromatic heterocycles. The van der Waals surface area contributed by atoms with Crippen molar-refractivity contribution in [3.63, 3.8) is 0 Å². The van der Waals surface area contributed by atoms with Gasteiger partial charge in [0.15, 0.2) is 0 Å². The molecule has 0 aliphatic carbocycles. The minimum absolute atomic E-state index is 0.00358. The van der Waals surface area contributed by atoms with Crippen LogP contribution in [0.1, 0.15) is 23.6 Å². The van der Waals surface area contributed by atoms with Crippen molar-refractivity contribution >= 4 is 27.3 Å². The summed E-state index contributed by atoms with van der Waals surface area (Å²) in [5.41, 5.74) is 0. The fourth-order valence-corrected chi connectivity index (χ4v) is 5.74. The summed E-state index contributed by atoms with van der Waals surface area (Å²) in [6.07, 6.45) is 1.04. The van der Waals surface area contributed by atoms with Crippen molar-refractivity contribution in [1.82, 2.24) is 14.4 Å². The third kappa shape index (κ3) is 3.08. The van der Waals surface area contributed by atoms with Gasteiger partial charge in [-0.25, -0.2) is 8.42 Å². The Morgan fingerprint density at radius 3 is 2.83 bits per heavy atom. The van der Waals surface area contributed by atoms with E-state index in [9.17, 15) is 13.2 Å². The first-order chi connectivity index (χ1) is 11.3. The average Bonchev–Trinajstić information content (AvgIpc) is 3.13. The summed E-state index contributed by atoms with van der Waals surface area (Å²) >= 11 is 1.27. The van der Waals surface area contributed by atoms with E-state index in [-0.39, 0.29) is 11.4 Å². The number of thiophene rings is 1. The number of aryl methyl sites for hydroxylation is 2. The molecule has 3 heterocycles. The second-order valence-corrected chi connectivity index (χ2v) is 8.87. The molecule has 1 N–H and O–H groups in total. The zero-order valence-electron chi connectivity index (χ0n) is 13.2. The zero-order chi connectivity index (χ0) is 17.5. The smallest absolute Gasteiger partial charge is 0.307 e.